The Labute approximate surface area is 134 Å². The summed E-state index contributed by atoms with van der Waals surface area (Å²) in [5.74, 6) is -1.24. The lowest BCUT2D eigenvalue weighted by molar-refractivity contribution is -0.192. The number of amides is 1. The third-order valence-electron chi connectivity index (χ3n) is 3.85. The van der Waals surface area contributed by atoms with Gasteiger partial charge in [0.05, 0.1) is 0 Å². The van der Waals surface area contributed by atoms with Crippen molar-refractivity contribution in [3.05, 3.63) is 23.7 Å². The van der Waals surface area contributed by atoms with Crippen molar-refractivity contribution in [2.45, 2.75) is 6.18 Å². The maximum atomic E-state index is 12.1. The van der Waals surface area contributed by atoms with E-state index in [-0.39, 0.29) is 17.4 Å². The first-order chi connectivity index (χ1) is 11.2. The van der Waals surface area contributed by atoms with E-state index in [4.69, 9.17) is 19.6 Å². The zero-order valence-electron chi connectivity index (χ0n) is 12.3. The number of carboxylic acid groups (broad SMARTS) is 1. The summed E-state index contributed by atoms with van der Waals surface area (Å²) in [5.41, 5.74) is 0. The summed E-state index contributed by atoms with van der Waals surface area (Å²) < 4.78 is 36.9. The zero-order valence-corrected chi connectivity index (χ0v) is 12.3. The standard InChI is InChI=1S/C12H13N3O2.C2HF3O2/c13-3-10-1-2-11(17-10)12(16)15-6-8-4-14-5-9(8)7-15;3-2(4,5)1(6)7/h1-2,8-9,14H,4-7H2;(H,6,7). The predicted molar refractivity (Wildman–Crippen MR) is 72.9 cm³/mol. The number of alkyl halides is 3. The first kappa shape index (κ1) is 17.8. The molecule has 2 atom stereocenters. The van der Waals surface area contributed by atoms with E-state index in [1.807, 2.05) is 11.0 Å². The van der Waals surface area contributed by atoms with Crippen LogP contribution >= 0.6 is 0 Å². The molecule has 7 nitrogen and oxygen atoms in total. The zero-order chi connectivity index (χ0) is 17.9. The molecule has 2 saturated heterocycles. The first-order valence-corrected chi connectivity index (χ1v) is 7.02. The van der Waals surface area contributed by atoms with Gasteiger partial charge in [0.1, 0.15) is 6.07 Å². The van der Waals surface area contributed by atoms with E-state index in [0.29, 0.717) is 11.8 Å². The van der Waals surface area contributed by atoms with E-state index in [2.05, 4.69) is 5.32 Å². The molecular weight excluding hydrogens is 331 g/mol. The van der Waals surface area contributed by atoms with Crippen molar-refractivity contribution in [1.29, 1.82) is 5.26 Å². The summed E-state index contributed by atoms with van der Waals surface area (Å²) in [5, 5.41) is 19.1. The number of carboxylic acids is 1. The number of fused-ring (bicyclic) bond motifs is 1. The first-order valence-electron chi connectivity index (χ1n) is 7.02. The molecule has 1 aromatic rings. The number of hydrogen-bond acceptors (Lipinski definition) is 5. The van der Waals surface area contributed by atoms with Crippen LogP contribution in [0.4, 0.5) is 13.2 Å². The van der Waals surface area contributed by atoms with Gasteiger partial charge in [0.2, 0.25) is 5.76 Å². The van der Waals surface area contributed by atoms with Gasteiger partial charge >= 0.3 is 12.1 Å². The van der Waals surface area contributed by atoms with Crippen LogP contribution in [0.15, 0.2) is 16.5 Å². The minimum atomic E-state index is -5.08. The van der Waals surface area contributed by atoms with Gasteiger partial charge in [-0.2, -0.15) is 18.4 Å². The Morgan fingerprint density at radius 1 is 1.29 bits per heavy atom. The highest BCUT2D eigenvalue weighted by atomic mass is 19.4. The van der Waals surface area contributed by atoms with Crippen molar-refractivity contribution >= 4 is 11.9 Å². The van der Waals surface area contributed by atoms with Gasteiger partial charge in [-0.3, -0.25) is 4.79 Å². The van der Waals surface area contributed by atoms with E-state index in [0.717, 1.165) is 26.2 Å². The van der Waals surface area contributed by atoms with Crippen LogP contribution < -0.4 is 5.32 Å². The molecule has 0 bridgehead atoms. The van der Waals surface area contributed by atoms with Gasteiger partial charge in [-0.25, -0.2) is 4.79 Å². The average Bonchev–Trinajstić information content (AvgIpc) is 3.21. The van der Waals surface area contributed by atoms with Crippen molar-refractivity contribution in [3.63, 3.8) is 0 Å². The van der Waals surface area contributed by atoms with Gasteiger partial charge in [0.25, 0.3) is 5.91 Å². The fourth-order valence-electron chi connectivity index (χ4n) is 2.69. The molecule has 0 spiro atoms. The molecule has 2 unspecified atom stereocenters. The van der Waals surface area contributed by atoms with Crippen LogP contribution in [0.3, 0.4) is 0 Å². The third kappa shape index (κ3) is 4.05. The van der Waals surface area contributed by atoms with Gasteiger partial charge in [0.15, 0.2) is 5.76 Å². The molecule has 2 fully saturated rings. The van der Waals surface area contributed by atoms with E-state index in [1.54, 1.807) is 6.07 Å². The van der Waals surface area contributed by atoms with Crippen LogP contribution in [0.25, 0.3) is 0 Å². The van der Waals surface area contributed by atoms with Gasteiger partial charge in [-0.1, -0.05) is 0 Å². The number of furan rings is 1. The van der Waals surface area contributed by atoms with Crippen molar-refractivity contribution in [2.75, 3.05) is 26.2 Å². The lowest BCUT2D eigenvalue weighted by atomic mass is 10.0. The quantitative estimate of drug-likeness (QED) is 0.789. The van der Waals surface area contributed by atoms with Crippen LogP contribution in [0.1, 0.15) is 16.3 Å². The molecule has 2 aliphatic rings. The Morgan fingerprint density at radius 2 is 1.83 bits per heavy atom. The lowest BCUT2D eigenvalue weighted by Crippen LogP contribution is -2.31. The number of nitrogens with zero attached hydrogens (tertiary/aromatic N) is 2. The molecule has 10 heteroatoms. The van der Waals surface area contributed by atoms with E-state index >= 15 is 0 Å². The Morgan fingerprint density at radius 3 is 2.25 bits per heavy atom. The summed E-state index contributed by atoms with van der Waals surface area (Å²) in [6.07, 6.45) is -5.08. The minimum Gasteiger partial charge on any atom is -0.475 e. The van der Waals surface area contributed by atoms with Crippen LogP contribution in [-0.4, -0.2) is 54.2 Å². The number of carbonyl (C=O) groups is 2. The normalized spacial score (nSPS) is 22.3. The summed E-state index contributed by atoms with van der Waals surface area (Å²) in [7, 11) is 0. The molecule has 0 aromatic carbocycles. The summed E-state index contributed by atoms with van der Waals surface area (Å²) in [6.45, 7) is 3.57. The number of rotatable bonds is 1. The molecule has 130 valence electrons. The topological polar surface area (TPSA) is 107 Å². The highest BCUT2D eigenvalue weighted by molar-refractivity contribution is 5.91. The number of carbonyl (C=O) groups excluding carboxylic acids is 1. The third-order valence-corrected chi connectivity index (χ3v) is 3.85. The van der Waals surface area contributed by atoms with Gasteiger partial charge in [-0.05, 0) is 24.0 Å². The number of aliphatic carboxylic acids is 1. The second-order valence-electron chi connectivity index (χ2n) is 5.47. The van der Waals surface area contributed by atoms with Crippen molar-refractivity contribution in [1.82, 2.24) is 10.2 Å². The van der Waals surface area contributed by atoms with Crippen LogP contribution in [0.5, 0.6) is 0 Å². The molecule has 2 aliphatic heterocycles. The molecule has 0 aliphatic carbocycles. The lowest BCUT2D eigenvalue weighted by Gasteiger charge is -2.15. The Balaban J connectivity index is 0.000000256. The van der Waals surface area contributed by atoms with Gasteiger partial charge in [0, 0.05) is 26.2 Å². The monoisotopic (exact) mass is 345 g/mol. The molecule has 1 aromatic heterocycles. The Bertz CT molecular complexity index is 653. The molecule has 24 heavy (non-hydrogen) atoms. The SMILES string of the molecule is N#Cc1ccc(C(=O)N2CC3CNCC3C2)o1.O=C(O)C(F)(F)F. The summed E-state index contributed by atoms with van der Waals surface area (Å²) in [4.78, 5) is 22.8. The van der Waals surface area contributed by atoms with Gasteiger partial charge in [-0.15, -0.1) is 0 Å². The number of nitriles is 1. The Kier molecular flexibility index (Phi) is 5.14. The summed E-state index contributed by atoms with van der Waals surface area (Å²) >= 11 is 0. The fourth-order valence-corrected chi connectivity index (χ4v) is 2.69. The highest BCUT2D eigenvalue weighted by Crippen LogP contribution is 2.27. The number of likely N-dealkylation sites (tertiary alicyclic amines) is 1. The van der Waals surface area contributed by atoms with E-state index < -0.39 is 12.1 Å². The molecule has 3 rings (SSSR count). The molecule has 1 amide bonds. The molecule has 0 saturated carbocycles. The second-order valence-corrected chi connectivity index (χ2v) is 5.47. The van der Waals surface area contributed by atoms with E-state index in [9.17, 15) is 18.0 Å². The van der Waals surface area contributed by atoms with Crippen LogP contribution in [-0.2, 0) is 4.79 Å². The molecular formula is C14H14F3N3O4. The molecule has 3 heterocycles. The van der Waals surface area contributed by atoms with Crippen molar-refractivity contribution in [3.8, 4) is 6.07 Å². The smallest absolute Gasteiger partial charge is 0.475 e. The fraction of sp³-hybridized carbons (Fsp3) is 0.500. The summed E-state index contributed by atoms with van der Waals surface area (Å²) in [6, 6.07) is 5.00. The van der Waals surface area contributed by atoms with Gasteiger partial charge < -0.3 is 19.7 Å². The average molecular weight is 345 g/mol. The largest absolute Gasteiger partial charge is 0.490 e. The number of hydrogen-bond donors (Lipinski definition) is 2. The maximum Gasteiger partial charge on any atom is 0.490 e. The maximum absolute atomic E-state index is 12.1. The molecule has 2 N–H and O–H groups in total. The predicted octanol–water partition coefficient (Wildman–Crippen LogP) is 1.08. The van der Waals surface area contributed by atoms with E-state index in [1.165, 1.54) is 6.07 Å². The van der Waals surface area contributed by atoms with Crippen LogP contribution in [0, 0.1) is 23.2 Å². The van der Waals surface area contributed by atoms with Crippen molar-refractivity contribution < 1.29 is 32.3 Å². The Hall–Kier alpha value is -2.54. The van der Waals surface area contributed by atoms with Crippen LogP contribution in [0.2, 0.25) is 0 Å². The molecule has 0 radical (unpaired) electrons. The number of nitrogens with one attached hydrogen (secondary N) is 1. The minimum absolute atomic E-state index is 0.0964. The number of halogens is 3. The highest BCUT2D eigenvalue weighted by Gasteiger charge is 2.39. The van der Waals surface area contributed by atoms with Crippen molar-refractivity contribution in [2.24, 2.45) is 11.8 Å². The second kappa shape index (κ2) is 6.92.